The Balaban J connectivity index is 1.24. The summed E-state index contributed by atoms with van der Waals surface area (Å²) in [6.45, 7) is 7.86. The molecule has 28 heavy (non-hydrogen) atoms. The highest BCUT2D eigenvalue weighted by atomic mass is 16.5. The maximum atomic E-state index is 12.4. The molecule has 2 aromatic rings. The average Bonchev–Trinajstić information content (AvgIpc) is 2.95. The van der Waals surface area contributed by atoms with Gasteiger partial charge in [-0.15, -0.1) is 0 Å². The molecule has 8 nitrogen and oxygen atoms in total. The number of hydrogen-bond donors (Lipinski definition) is 1. The molecule has 4 rings (SSSR count). The van der Waals surface area contributed by atoms with Gasteiger partial charge in [0.15, 0.2) is 11.5 Å². The molecular formula is C20H26N4O4. The molecule has 1 amide bonds. The molecule has 3 heterocycles. The summed E-state index contributed by atoms with van der Waals surface area (Å²) >= 11 is 0. The summed E-state index contributed by atoms with van der Waals surface area (Å²) in [5, 5.41) is 7.01. The van der Waals surface area contributed by atoms with Crippen molar-refractivity contribution in [1.29, 1.82) is 0 Å². The predicted molar refractivity (Wildman–Crippen MR) is 104 cm³/mol. The Labute approximate surface area is 164 Å². The number of aromatic nitrogens is 1. The van der Waals surface area contributed by atoms with Gasteiger partial charge < -0.3 is 19.3 Å². The fraction of sp³-hybridized carbons (Fsp3) is 0.500. The number of nitrogens with one attached hydrogen (secondary N) is 1. The fourth-order valence-corrected chi connectivity index (χ4v) is 3.47. The van der Waals surface area contributed by atoms with E-state index in [0.717, 1.165) is 62.0 Å². The molecule has 150 valence electrons. The van der Waals surface area contributed by atoms with Crippen LogP contribution in [0.1, 0.15) is 17.9 Å². The van der Waals surface area contributed by atoms with Crippen LogP contribution in [0.3, 0.4) is 0 Å². The van der Waals surface area contributed by atoms with Crippen LogP contribution < -0.4 is 14.8 Å². The van der Waals surface area contributed by atoms with Gasteiger partial charge in [-0.3, -0.25) is 14.6 Å². The SMILES string of the molecule is Cc1cc(CN2CCN(CC(=O)Nc3ccc4c(c3)OCCCO4)CC2)no1. The molecule has 2 aliphatic rings. The van der Waals surface area contributed by atoms with Gasteiger partial charge >= 0.3 is 0 Å². The van der Waals surface area contributed by atoms with Crippen molar-refractivity contribution in [1.82, 2.24) is 15.0 Å². The summed E-state index contributed by atoms with van der Waals surface area (Å²) < 4.78 is 16.4. The third-order valence-corrected chi connectivity index (χ3v) is 4.93. The van der Waals surface area contributed by atoms with E-state index in [-0.39, 0.29) is 5.91 Å². The van der Waals surface area contributed by atoms with E-state index in [1.807, 2.05) is 31.2 Å². The Morgan fingerprint density at radius 3 is 2.57 bits per heavy atom. The lowest BCUT2D eigenvalue weighted by Gasteiger charge is -2.33. The second kappa shape index (κ2) is 8.62. The second-order valence-electron chi connectivity index (χ2n) is 7.24. The van der Waals surface area contributed by atoms with Crippen LogP contribution in [0, 0.1) is 6.92 Å². The first kappa shape index (κ1) is 18.8. The van der Waals surface area contributed by atoms with Gasteiger partial charge in [0, 0.05) is 57.0 Å². The van der Waals surface area contributed by atoms with E-state index in [1.54, 1.807) is 0 Å². The van der Waals surface area contributed by atoms with Crippen LogP contribution in [0.2, 0.25) is 0 Å². The van der Waals surface area contributed by atoms with Crippen molar-refractivity contribution in [3.05, 3.63) is 35.7 Å². The fourth-order valence-electron chi connectivity index (χ4n) is 3.47. The van der Waals surface area contributed by atoms with Gasteiger partial charge in [-0.25, -0.2) is 0 Å². The number of ether oxygens (including phenoxy) is 2. The van der Waals surface area contributed by atoms with Crippen LogP contribution in [0.4, 0.5) is 5.69 Å². The number of carbonyl (C=O) groups is 1. The number of aryl methyl sites for hydroxylation is 1. The van der Waals surface area contributed by atoms with E-state index in [2.05, 4.69) is 20.3 Å². The number of fused-ring (bicyclic) bond motifs is 1. The highest BCUT2D eigenvalue weighted by Gasteiger charge is 2.20. The molecule has 0 radical (unpaired) electrons. The van der Waals surface area contributed by atoms with Crippen LogP contribution in [0.15, 0.2) is 28.8 Å². The molecule has 2 aliphatic heterocycles. The summed E-state index contributed by atoms with van der Waals surface area (Å²) in [6.07, 6.45) is 0.860. The molecule has 1 aromatic heterocycles. The average molecular weight is 386 g/mol. The van der Waals surface area contributed by atoms with E-state index in [4.69, 9.17) is 14.0 Å². The standard InChI is InChI=1S/C20H26N4O4/c1-15-11-17(22-28-15)13-23-5-7-24(8-6-23)14-20(25)21-16-3-4-18-19(12-16)27-10-2-9-26-18/h3-4,11-12H,2,5-10,13-14H2,1H3,(H,21,25). The smallest absolute Gasteiger partial charge is 0.238 e. The van der Waals surface area contributed by atoms with Crippen molar-refractivity contribution in [2.75, 3.05) is 51.3 Å². The summed E-state index contributed by atoms with van der Waals surface area (Å²) in [5.41, 5.74) is 1.69. The van der Waals surface area contributed by atoms with Crippen LogP contribution >= 0.6 is 0 Å². The molecule has 0 saturated carbocycles. The van der Waals surface area contributed by atoms with Crippen LogP contribution in [0.5, 0.6) is 11.5 Å². The van der Waals surface area contributed by atoms with E-state index in [9.17, 15) is 4.79 Å². The minimum Gasteiger partial charge on any atom is -0.490 e. The van der Waals surface area contributed by atoms with Crippen molar-refractivity contribution in [2.45, 2.75) is 19.9 Å². The Morgan fingerprint density at radius 1 is 1.07 bits per heavy atom. The highest BCUT2D eigenvalue weighted by molar-refractivity contribution is 5.92. The number of benzene rings is 1. The van der Waals surface area contributed by atoms with Gasteiger partial charge in [-0.2, -0.15) is 0 Å². The molecule has 1 fully saturated rings. The van der Waals surface area contributed by atoms with Crippen LogP contribution in [-0.2, 0) is 11.3 Å². The second-order valence-corrected chi connectivity index (χ2v) is 7.24. The number of piperazine rings is 1. The van der Waals surface area contributed by atoms with Crippen molar-refractivity contribution >= 4 is 11.6 Å². The first-order valence-corrected chi connectivity index (χ1v) is 9.72. The van der Waals surface area contributed by atoms with E-state index >= 15 is 0 Å². The van der Waals surface area contributed by atoms with Crippen molar-refractivity contribution < 1.29 is 18.8 Å². The van der Waals surface area contributed by atoms with Gasteiger partial charge in [0.2, 0.25) is 5.91 Å². The molecule has 0 unspecified atom stereocenters. The number of rotatable bonds is 5. The summed E-state index contributed by atoms with van der Waals surface area (Å²) in [5.74, 6) is 2.23. The largest absolute Gasteiger partial charge is 0.490 e. The van der Waals surface area contributed by atoms with Gasteiger partial charge in [0.25, 0.3) is 0 Å². The maximum Gasteiger partial charge on any atom is 0.238 e. The zero-order valence-electron chi connectivity index (χ0n) is 16.1. The zero-order chi connectivity index (χ0) is 19.3. The Morgan fingerprint density at radius 2 is 1.82 bits per heavy atom. The molecule has 0 aliphatic carbocycles. The topological polar surface area (TPSA) is 80.1 Å². The van der Waals surface area contributed by atoms with E-state index < -0.39 is 0 Å². The lowest BCUT2D eigenvalue weighted by Crippen LogP contribution is -2.48. The van der Waals surface area contributed by atoms with Gasteiger partial charge in [-0.1, -0.05) is 5.16 Å². The van der Waals surface area contributed by atoms with Gasteiger partial charge in [0.1, 0.15) is 5.76 Å². The quantitative estimate of drug-likeness (QED) is 0.841. The number of carbonyl (C=O) groups excluding carboxylic acids is 1. The summed E-state index contributed by atoms with van der Waals surface area (Å²) in [6, 6.07) is 7.50. The van der Waals surface area contributed by atoms with Crippen molar-refractivity contribution in [3.8, 4) is 11.5 Å². The highest BCUT2D eigenvalue weighted by Crippen LogP contribution is 2.32. The predicted octanol–water partition coefficient (Wildman–Crippen LogP) is 1.90. The van der Waals surface area contributed by atoms with Crippen LogP contribution in [-0.4, -0.2) is 66.8 Å². The molecule has 1 N–H and O–H groups in total. The third kappa shape index (κ3) is 4.82. The summed E-state index contributed by atoms with van der Waals surface area (Å²) in [7, 11) is 0. The monoisotopic (exact) mass is 386 g/mol. The van der Waals surface area contributed by atoms with Gasteiger partial charge in [-0.05, 0) is 19.1 Å². The third-order valence-electron chi connectivity index (χ3n) is 4.93. The zero-order valence-corrected chi connectivity index (χ0v) is 16.1. The normalized spacial score (nSPS) is 17.9. The molecular weight excluding hydrogens is 360 g/mol. The first-order chi connectivity index (χ1) is 13.7. The van der Waals surface area contributed by atoms with Crippen molar-refractivity contribution in [3.63, 3.8) is 0 Å². The molecule has 0 bridgehead atoms. The van der Waals surface area contributed by atoms with E-state index in [0.29, 0.717) is 25.5 Å². The molecule has 0 spiro atoms. The minimum atomic E-state index is -0.0185. The van der Waals surface area contributed by atoms with Crippen molar-refractivity contribution in [2.24, 2.45) is 0 Å². The molecule has 8 heteroatoms. The Bertz CT molecular complexity index is 814. The molecule has 0 atom stereocenters. The minimum absolute atomic E-state index is 0.0185. The lowest BCUT2D eigenvalue weighted by atomic mass is 10.2. The van der Waals surface area contributed by atoms with Gasteiger partial charge in [0.05, 0.1) is 25.5 Å². The molecule has 1 saturated heterocycles. The Hall–Kier alpha value is -2.58. The Kier molecular flexibility index (Phi) is 5.78. The number of amides is 1. The maximum absolute atomic E-state index is 12.4. The number of nitrogens with zero attached hydrogens (tertiary/aromatic N) is 3. The number of anilines is 1. The summed E-state index contributed by atoms with van der Waals surface area (Å²) in [4.78, 5) is 16.9. The first-order valence-electron chi connectivity index (χ1n) is 9.72. The van der Waals surface area contributed by atoms with E-state index in [1.165, 1.54) is 0 Å². The van der Waals surface area contributed by atoms with Crippen LogP contribution in [0.25, 0.3) is 0 Å². The number of hydrogen-bond acceptors (Lipinski definition) is 7. The molecule has 1 aromatic carbocycles. The lowest BCUT2D eigenvalue weighted by molar-refractivity contribution is -0.117.